The van der Waals surface area contributed by atoms with Crippen molar-refractivity contribution in [2.75, 3.05) is 0 Å². The van der Waals surface area contributed by atoms with Crippen LogP contribution in [-0.2, 0) is 0 Å². The topological polar surface area (TPSA) is 56.7 Å². The highest BCUT2D eigenvalue weighted by molar-refractivity contribution is 6.23. The maximum absolute atomic E-state index is 6.64. The summed E-state index contributed by atoms with van der Waals surface area (Å²) in [5.41, 5.74) is 7.85. The molecule has 3 aromatic heterocycles. The van der Waals surface area contributed by atoms with Gasteiger partial charge in [0, 0.05) is 43.9 Å². The standard InChI is InChI=1S/C55H32N4O/c1-2-13-33(14-3-1)53-56-54(58-55(57-53)46-31-36-17-6-7-18-39(36)41-19-8-9-20-42(41)46)44-22-12-24-49-52(44)51-40-27-26-38(29-37(40)25-28-50(51)60-49)59-47-23-11-10-21-43(47)45-30-34-15-4-5-16-35(34)32-48(45)59/h1-32H. The Balaban J connectivity index is 1.05. The number of hydrogen-bond donors (Lipinski definition) is 0. The van der Waals surface area contributed by atoms with Gasteiger partial charge in [-0.25, -0.2) is 15.0 Å². The van der Waals surface area contributed by atoms with E-state index in [-0.39, 0.29) is 0 Å². The van der Waals surface area contributed by atoms with E-state index in [0.717, 1.165) is 71.2 Å². The summed E-state index contributed by atoms with van der Waals surface area (Å²) < 4.78 is 9.04. The van der Waals surface area contributed by atoms with Gasteiger partial charge in [0.1, 0.15) is 11.2 Å². The molecule has 60 heavy (non-hydrogen) atoms. The molecule has 278 valence electrons. The van der Waals surface area contributed by atoms with Gasteiger partial charge in [0.15, 0.2) is 17.5 Å². The lowest BCUT2D eigenvalue weighted by atomic mass is 9.96. The van der Waals surface area contributed by atoms with Gasteiger partial charge in [0.25, 0.3) is 0 Å². The van der Waals surface area contributed by atoms with Crippen molar-refractivity contribution in [3.63, 3.8) is 0 Å². The Hall–Kier alpha value is -8.15. The second kappa shape index (κ2) is 12.7. The lowest BCUT2D eigenvalue weighted by Crippen LogP contribution is -2.01. The zero-order valence-electron chi connectivity index (χ0n) is 32.2. The van der Waals surface area contributed by atoms with E-state index in [1.54, 1.807) is 0 Å². The molecule has 0 saturated carbocycles. The molecule has 0 fully saturated rings. The van der Waals surface area contributed by atoms with E-state index in [0.29, 0.717) is 17.5 Å². The molecule has 0 radical (unpaired) electrons. The number of para-hydroxylation sites is 1. The predicted octanol–water partition coefficient (Wildman–Crippen LogP) is 14.5. The fraction of sp³-hybridized carbons (Fsp3) is 0. The maximum atomic E-state index is 6.64. The van der Waals surface area contributed by atoms with Crippen LogP contribution >= 0.6 is 0 Å². The number of rotatable bonds is 4. The summed E-state index contributed by atoms with van der Waals surface area (Å²) in [6.45, 7) is 0. The normalized spacial score (nSPS) is 12.0. The molecule has 10 aromatic carbocycles. The van der Waals surface area contributed by atoms with E-state index in [2.05, 4.69) is 168 Å². The van der Waals surface area contributed by atoms with Gasteiger partial charge in [-0.3, -0.25) is 0 Å². The van der Waals surface area contributed by atoms with Gasteiger partial charge in [-0.15, -0.1) is 0 Å². The van der Waals surface area contributed by atoms with Crippen LogP contribution in [0.25, 0.3) is 127 Å². The molecule has 3 heterocycles. The molecule has 0 aliphatic rings. The lowest BCUT2D eigenvalue weighted by Gasteiger charge is -2.13. The summed E-state index contributed by atoms with van der Waals surface area (Å²) >= 11 is 0. The first-order valence-corrected chi connectivity index (χ1v) is 20.3. The molecular formula is C55H32N4O. The molecule has 0 bridgehead atoms. The summed E-state index contributed by atoms with van der Waals surface area (Å²) in [4.78, 5) is 15.7. The summed E-state index contributed by atoms with van der Waals surface area (Å²) in [6.07, 6.45) is 0. The first-order chi connectivity index (χ1) is 29.7. The first kappa shape index (κ1) is 32.9. The second-order valence-electron chi connectivity index (χ2n) is 15.6. The SMILES string of the molecule is c1ccc(-c2nc(-c3cc4ccccc4c4ccccc34)nc(-c3cccc4oc5ccc6cc(-n7c8ccccc8c8cc9ccccc9cc87)ccc6c5c34)n2)cc1. The summed E-state index contributed by atoms with van der Waals surface area (Å²) in [7, 11) is 0. The zero-order chi connectivity index (χ0) is 39.3. The van der Waals surface area contributed by atoms with Crippen LogP contribution < -0.4 is 0 Å². The smallest absolute Gasteiger partial charge is 0.164 e. The number of fused-ring (bicyclic) bond motifs is 12. The van der Waals surface area contributed by atoms with Gasteiger partial charge in [-0.1, -0.05) is 146 Å². The van der Waals surface area contributed by atoms with Gasteiger partial charge in [0.05, 0.1) is 11.0 Å². The number of benzene rings is 10. The van der Waals surface area contributed by atoms with Crippen LogP contribution in [0, 0.1) is 0 Å². The molecule has 13 rings (SSSR count). The molecule has 0 unspecified atom stereocenters. The van der Waals surface area contributed by atoms with Crippen molar-refractivity contribution in [1.82, 2.24) is 19.5 Å². The van der Waals surface area contributed by atoms with Crippen molar-refractivity contribution in [3.05, 3.63) is 194 Å². The monoisotopic (exact) mass is 764 g/mol. The molecule has 0 saturated heterocycles. The summed E-state index contributed by atoms with van der Waals surface area (Å²) in [6, 6.07) is 68.6. The fourth-order valence-corrected chi connectivity index (χ4v) is 9.46. The quantitative estimate of drug-likeness (QED) is 0.167. The Bertz CT molecular complexity index is 3900. The third-order valence-corrected chi connectivity index (χ3v) is 12.2. The lowest BCUT2D eigenvalue weighted by molar-refractivity contribution is 0.669. The molecule has 5 heteroatoms. The molecule has 5 nitrogen and oxygen atoms in total. The molecule has 0 aliphatic heterocycles. The fourth-order valence-electron chi connectivity index (χ4n) is 9.46. The second-order valence-corrected chi connectivity index (χ2v) is 15.6. The Morgan fingerprint density at radius 3 is 1.83 bits per heavy atom. The summed E-state index contributed by atoms with van der Waals surface area (Å²) in [5, 5.41) is 13.8. The van der Waals surface area contributed by atoms with Crippen LogP contribution in [0.3, 0.4) is 0 Å². The van der Waals surface area contributed by atoms with Gasteiger partial charge < -0.3 is 8.98 Å². The molecule has 0 amide bonds. The van der Waals surface area contributed by atoms with Gasteiger partial charge in [-0.2, -0.15) is 0 Å². The number of hydrogen-bond acceptors (Lipinski definition) is 4. The Morgan fingerprint density at radius 1 is 0.333 bits per heavy atom. The minimum absolute atomic E-state index is 0.593. The highest BCUT2D eigenvalue weighted by Crippen LogP contribution is 2.42. The molecule has 0 aliphatic carbocycles. The van der Waals surface area contributed by atoms with E-state index in [1.807, 2.05) is 30.3 Å². The third-order valence-electron chi connectivity index (χ3n) is 12.2. The van der Waals surface area contributed by atoms with Gasteiger partial charge >= 0.3 is 0 Å². The van der Waals surface area contributed by atoms with E-state index >= 15 is 0 Å². The van der Waals surface area contributed by atoms with Crippen molar-refractivity contribution in [2.45, 2.75) is 0 Å². The number of nitrogens with zero attached hydrogens (tertiary/aromatic N) is 4. The van der Waals surface area contributed by atoms with Crippen LogP contribution in [-0.4, -0.2) is 19.5 Å². The third kappa shape index (κ3) is 4.90. The average Bonchev–Trinajstić information content (AvgIpc) is 3.86. The average molecular weight is 765 g/mol. The van der Waals surface area contributed by atoms with E-state index in [9.17, 15) is 0 Å². The minimum Gasteiger partial charge on any atom is -0.456 e. The Labute approximate surface area is 343 Å². The molecule has 0 N–H and O–H groups in total. The van der Waals surface area contributed by atoms with E-state index in [1.165, 1.54) is 38.0 Å². The number of aromatic nitrogens is 4. The molecule has 0 spiro atoms. The maximum Gasteiger partial charge on any atom is 0.164 e. The number of furan rings is 1. The van der Waals surface area contributed by atoms with E-state index < -0.39 is 0 Å². The van der Waals surface area contributed by atoms with Crippen LogP contribution in [0.1, 0.15) is 0 Å². The Morgan fingerprint density at radius 2 is 0.983 bits per heavy atom. The van der Waals surface area contributed by atoms with Crippen LogP contribution in [0.4, 0.5) is 0 Å². The highest BCUT2D eigenvalue weighted by Gasteiger charge is 2.21. The van der Waals surface area contributed by atoms with Gasteiger partial charge in [-0.05, 0) is 91.6 Å². The first-order valence-electron chi connectivity index (χ1n) is 20.3. The molecular weight excluding hydrogens is 733 g/mol. The summed E-state index contributed by atoms with van der Waals surface area (Å²) in [5.74, 6) is 1.83. The molecule has 13 aromatic rings. The van der Waals surface area contributed by atoms with Crippen molar-refractivity contribution in [2.24, 2.45) is 0 Å². The van der Waals surface area contributed by atoms with Crippen LogP contribution in [0.15, 0.2) is 199 Å². The van der Waals surface area contributed by atoms with Crippen molar-refractivity contribution >= 4 is 86.8 Å². The van der Waals surface area contributed by atoms with Crippen LogP contribution in [0.2, 0.25) is 0 Å². The largest absolute Gasteiger partial charge is 0.456 e. The van der Waals surface area contributed by atoms with Gasteiger partial charge in [0.2, 0.25) is 0 Å². The van der Waals surface area contributed by atoms with Crippen molar-refractivity contribution in [3.8, 4) is 39.9 Å². The van der Waals surface area contributed by atoms with Crippen molar-refractivity contribution in [1.29, 1.82) is 0 Å². The highest BCUT2D eigenvalue weighted by atomic mass is 16.3. The Kier molecular flexibility index (Phi) is 6.95. The minimum atomic E-state index is 0.593. The van der Waals surface area contributed by atoms with Crippen molar-refractivity contribution < 1.29 is 4.42 Å². The molecule has 0 atom stereocenters. The predicted molar refractivity (Wildman–Crippen MR) is 248 cm³/mol. The van der Waals surface area contributed by atoms with Crippen LogP contribution in [0.5, 0.6) is 0 Å². The zero-order valence-corrected chi connectivity index (χ0v) is 32.2. The van der Waals surface area contributed by atoms with E-state index in [4.69, 9.17) is 19.4 Å².